The van der Waals surface area contributed by atoms with E-state index in [-0.39, 0.29) is 11.1 Å². The Bertz CT molecular complexity index is 488. The molecule has 0 amide bonds. The Hall–Kier alpha value is -1.04. The molecule has 0 atom stereocenters. The third-order valence-corrected chi connectivity index (χ3v) is 3.03. The van der Waals surface area contributed by atoms with E-state index in [9.17, 15) is 13.2 Å². The Morgan fingerprint density at radius 3 is 2.00 bits per heavy atom. The van der Waals surface area contributed by atoms with E-state index in [2.05, 4.69) is 0 Å². The van der Waals surface area contributed by atoms with Crippen LogP contribution in [0.5, 0.6) is 0 Å². The van der Waals surface area contributed by atoms with Crippen molar-refractivity contribution in [3.05, 3.63) is 57.4 Å². The fraction of sp³-hybridized carbons (Fsp3) is 0. The second-order valence-electron chi connectivity index (χ2n) is 3.20. The predicted molar refractivity (Wildman–Crippen MR) is 64.5 cm³/mol. The number of hydrogen-bond donors (Lipinski definition) is 0. The monoisotopic (exact) mass is 334 g/mol. The highest BCUT2D eigenvalue weighted by molar-refractivity contribution is 14.1. The molecule has 0 aliphatic carbocycles. The summed E-state index contributed by atoms with van der Waals surface area (Å²) in [4.78, 5) is 0. The van der Waals surface area contributed by atoms with Crippen molar-refractivity contribution in [2.24, 2.45) is 0 Å². The Morgan fingerprint density at radius 1 is 0.750 bits per heavy atom. The second-order valence-corrected chi connectivity index (χ2v) is 4.36. The lowest BCUT2D eigenvalue weighted by molar-refractivity contribution is 0.510. The smallest absolute Gasteiger partial charge is 0.166 e. The zero-order valence-electron chi connectivity index (χ0n) is 7.98. The van der Waals surface area contributed by atoms with Crippen molar-refractivity contribution in [3.8, 4) is 11.1 Å². The van der Waals surface area contributed by atoms with Crippen LogP contribution < -0.4 is 0 Å². The fourth-order valence-corrected chi connectivity index (χ4v) is 1.92. The fourth-order valence-electron chi connectivity index (χ4n) is 1.42. The van der Waals surface area contributed by atoms with Gasteiger partial charge >= 0.3 is 0 Å². The minimum absolute atomic E-state index is 0.0592. The van der Waals surface area contributed by atoms with Crippen LogP contribution >= 0.6 is 22.6 Å². The number of hydrogen-bond acceptors (Lipinski definition) is 0. The molecule has 0 unspecified atom stereocenters. The van der Waals surface area contributed by atoms with Crippen molar-refractivity contribution in [2.45, 2.75) is 0 Å². The van der Waals surface area contributed by atoms with Crippen molar-refractivity contribution in [2.75, 3.05) is 0 Å². The molecule has 82 valence electrons. The zero-order valence-corrected chi connectivity index (χ0v) is 10.1. The summed E-state index contributed by atoms with van der Waals surface area (Å²) in [5, 5.41) is 0. The Balaban J connectivity index is 2.68. The van der Waals surface area contributed by atoms with E-state index in [1.165, 1.54) is 18.2 Å². The number of halogens is 4. The molecule has 4 heteroatoms. The van der Waals surface area contributed by atoms with Gasteiger partial charge in [0.1, 0.15) is 5.82 Å². The molecule has 0 aromatic heterocycles. The molecule has 2 rings (SSSR count). The molecule has 0 radical (unpaired) electrons. The summed E-state index contributed by atoms with van der Waals surface area (Å²) in [6.07, 6.45) is 0. The maximum atomic E-state index is 13.7. The Labute approximate surface area is 104 Å². The molecule has 0 nitrogen and oxygen atoms in total. The summed E-state index contributed by atoms with van der Waals surface area (Å²) in [6, 6.07) is 8.31. The highest BCUT2D eigenvalue weighted by atomic mass is 127. The minimum atomic E-state index is -1.02. The van der Waals surface area contributed by atoms with Crippen LogP contribution in [0, 0.1) is 21.0 Å². The van der Waals surface area contributed by atoms with Crippen molar-refractivity contribution in [1.82, 2.24) is 0 Å². The van der Waals surface area contributed by atoms with Gasteiger partial charge in [-0.1, -0.05) is 24.3 Å². The first-order valence-corrected chi connectivity index (χ1v) is 5.57. The summed E-state index contributed by atoms with van der Waals surface area (Å²) >= 11 is 1.81. The average Bonchev–Trinajstić information content (AvgIpc) is 2.27. The van der Waals surface area contributed by atoms with Crippen LogP contribution in [-0.4, -0.2) is 0 Å². The average molecular weight is 334 g/mol. The van der Waals surface area contributed by atoms with Gasteiger partial charge in [-0.15, -0.1) is 0 Å². The van der Waals surface area contributed by atoms with Crippen molar-refractivity contribution >= 4 is 22.6 Å². The lowest BCUT2D eigenvalue weighted by Gasteiger charge is -2.06. The largest absolute Gasteiger partial charge is 0.205 e. The minimum Gasteiger partial charge on any atom is -0.205 e. The SMILES string of the molecule is Fc1cccc(-c2cccc(I)c2F)c1F. The second kappa shape index (κ2) is 4.45. The van der Waals surface area contributed by atoms with Crippen LogP contribution in [0.1, 0.15) is 0 Å². The lowest BCUT2D eigenvalue weighted by atomic mass is 10.0. The Morgan fingerprint density at radius 2 is 1.31 bits per heavy atom. The molecule has 0 spiro atoms. The van der Waals surface area contributed by atoms with Gasteiger partial charge in [0.25, 0.3) is 0 Å². The number of rotatable bonds is 1. The van der Waals surface area contributed by atoms with Gasteiger partial charge in [0.05, 0.1) is 0 Å². The van der Waals surface area contributed by atoms with Gasteiger partial charge in [-0.25, -0.2) is 13.2 Å². The third-order valence-electron chi connectivity index (χ3n) is 2.19. The van der Waals surface area contributed by atoms with Gasteiger partial charge in [-0.05, 0) is 34.7 Å². The van der Waals surface area contributed by atoms with Crippen molar-refractivity contribution in [3.63, 3.8) is 0 Å². The van der Waals surface area contributed by atoms with Gasteiger partial charge in [0.2, 0.25) is 0 Å². The third kappa shape index (κ3) is 1.93. The van der Waals surface area contributed by atoms with E-state index < -0.39 is 17.5 Å². The van der Waals surface area contributed by atoms with Crippen molar-refractivity contribution in [1.29, 1.82) is 0 Å². The van der Waals surface area contributed by atoms with E-state index in [1.54, 1.807) is 34.7 Å². The molecule has 0 bridgehead atoms. The van der Waals surface area contributed by atoms with Gasteiger partial charge in [0, 0.05) is 14.7 Å². The maximum Gasteiger partial charge on any atom is 0.166 e. The van der Waals surface area contributed by atoms with E-state index in [0.29, 0.717) is 3.57 Å². The first-order chi connectivity index (χ1) is 7.61. The first kappa shape index (κ1) is 11.4. The van der Waals surface area contributed by atoms with Crippen LogP contribution in [0.2, 0.25) is 0 Å². The van der Waals surface area contributed by atoms with Crippen LogP contribution in [0.15, 0.2) is 36.4 Å². The summed E-state index contributed by atoms with van der Waals surface area (Å²) in [5.74, 6) is -2.54. The maximum absolute atomic E-state index is 13.7. The topological polar surface area (TPSA) is 0 Å². The highest BCUT2D eigenvalue weighted by Gasteiger charge is 2.14. The van der Waals surface area contributed by atoms with Crippen LogP contribution in [0.3, 0.4) is 0 Å². The summed E-state index contributed by atoms with van der Waals surface area (Å²) in [5.41, 5.74) is 0.0138. The highest BCUT2D eigenvalue weighted by Crippen LogP contribution is 2.28. The normalized spacial score (nSPS) is 10.5. The predicted octanol–water partition coefficient (Wildman–Crippen LogP) is 4.38. The molecule has 0 saturated carbocycles. The van der Waals surface area contributed by atoms with Gasteiger partial charge in [-0.3, -0.25) is 0 Å². The summed E-state index contributed by atoms with van der Waals surface area (Å²) < 4.78 is 40.5. The quantitative estimate of drug-likeness (QED) is 0.679. The van der Waals surface area contributed by atoms with Crippen LogP contribution in [0.4, 0.5) is 13.2 Å². The molecule has 0 aliphatic heterocycles. The van der Waals surface area contributed by atoms with Gasteiger partial charge in [0.15, 0.2) is 11.6 Å². The molecule has 0 N–H and O–H groups in total. The molecule has 0 aliphatic rings. The van der Waals surface area contributed by atoms with Gasteiger partial charge < -0.3 is 0 Å². The van der Waals surface area contributed by atoms with Crippen LogP contribution in [-0.2, 0) is 0 Å². The molecule has 16 heavy (non-hydrogen) atoms. The molecule has 0 saturated heterocycles. The lowest BCUT2D eigenvalue weighted by Crippen LogP contribution is -1.93. The molecule has 0 fully saturated rings. The van der Waals surface area contributed by atoms with E-state index in [0.717, 1.165) is 6.07 Å². The Kier molecular flexibility index (Phi) is 3.18. The standard InChI is InChI=1S/C12H6F3I/c13-9-5-1-3-7(11(9)14)8-4-2-6-10(16)12(8)15/h1-6H. The first-order valence-electron chi connectivity index (χ1n) is 4.49. The van der Waals surface area contributed by atoms with E-state index >= 15 is 0 Å². The van der Waals surface area contributed by atoms with Crippen LogP contribution in [0.25, 0.3) is 11.1 Å². The van der Waals surface area contributed by atoms with Crippen molar-refractivity contribution < 1.29 is 13.2 Å². The summed E-state index contributed by atoms with van der Waals surface area (Å²) in [7, 11) is 0. The molecule has 2 aromatic carbocycles. The number of benzene rings is 2. The molecular formula is C12H6F3I. The molecule has 2 aromatic rings. The molecule has 0 heterocycles. The van der Waals surface area contributed by atoms with E-state index in [1.807, 2.05) is 0 Å². The van der Waals surface area contributed by atoms with Gasteiger partial charge in [-0.2, -0.15) is 0 Å². The molecular weight excluding hydrogens is 328 g/mol. The summed E-state index contributed by atoms with van der Waals surface area (Å²) in [6.45, 7) is 0. The van der Waals surface area contributed by atoms with E-state index in [4.69, 9.17) is 0 Å². The zero-order chi connectivity index (χ0) is 11.7.